The van der Waals surface area contributed by atoms with Gasteiger partial charge < -0.3 is 24.8 Å². The van der Waals surface area contributed by atoms with Crippen LogP contribution in [0, 0.1) is 17.8 Å². The number of rotatable bonds is 0. The normalized spacial score (nSPS) is 37.8. The molecule has 2 heterocycles. The van der Waals surface area contributed by atoms with Gasteiger partial charge in [-0.15, -0.1) is 0 Å². The minimum absolute atomic E-state index is 0.0311. The third-order valence-corrected chi connectivity index (χ3v) is 8.17. The topological polar surface area (TPSA) is 117 Å². The fourth-order valence-electron chi connectivity index (χ4n) is 5.50. The Morgan fingerprint density at radius 3 is 2.31 bits per heavy atom. The second kappa shape index (κ2) is 15.8. The molecule has 0 amide bonds. The van der Waals surface area contributed by atoms with Crippen molar-refractivity contribution in [3.05, 3.63) is 35.5 Å². The van der Waals surface area contributed by atoms with Crippen LogP contribution < -0.4 is 0 Å². The van der Waals surface area contributed by atoms with Gasteiger partial charge in [-0.25, -0.2) is 4.79 Å². The summed E-state index contributed by atoms with van der Waals surface area (Å²) in [6.45, 7) is 15.6. The molecule has 0 spiro atoms. The molecule has 0 saturated carbocycles. The van der Waals surface area contributed by atoms with Crippen LogP contribution in [0.5, 0.6) is 0 Å². The van der Waals surface area contributed by atoms with Crippen LogP contribution in [0.4, 0.5) is 0 Å². The third-order valence-electron chi connectivity index (χ3n) is 8.17. The first kappa shape index (κ1) is 33.4. The Morgan fingerprint density at radius 1 is 0.923 bits per heavy atom. The molecule has 3 N–H and O–H groups in total. The van der Waals surface area contributed by atoms with Crippen molar-refractivity contribution in [2.24, 2.45) is 17.8 Å². The smallest absolute Gasteiger partial charge is 0.333 e. The van der Waals surface area contributed by atoms with E-state index < -0.39 is 42.1 Å². The second-order valence-electron chi connectivity index (χ2n) is 12.3. The van der Waals surface area contributed by atoms with Crippen LogP contribution in [0.1, 0.15) is 99.3 Å². The number of aliphatic hydroxyl groups is 3. The predicted octanol–water partition coefficient (Wildman–Crippen LogP) is 5.22. The summed E-state index contributed by atoms with van der Waals surface area (Å²) in [4.78, 5) is 25.1. The van der Waals surface area contributed by atoms with Crippen LogP contribution in [-0.4, -0.2) is 63.7 Å². The summed E-state index contributed by atoms with van der Waals surface area (Å²) in [5, 5.41) is 31.6. The Bertz CT molecular complexity index is 891. The number of carbonyl (C=O) groups is 2. The van der Waals surface area contributed by atoms with Crippen LogP contribution in [-0.2, 0) is 19.1 Å². The molecule has 222 valence electrons. The molecular formula is C32H52O7. The molecule has 0 aromatic rings. The number of ketones is 1. The van der Waals surface area contributed by atoms with Crippen molar-refractivity contribution in [2.75, 3.05) is 0 Å². The molecule has 2 aliphatic heterocycles. The fraction of sp³-hybridized carbons (Fsp3) is 0.750. The molecule has 0 radical (unpaired) electrons. The minimum atomic E-state index is -1.61. The third kappa shape index (κ3) is 11.7. The van der Waals surface area contributed by atoms with Gasteiger partial charge in [0, 0.05) is 12.0 Å². The van der Waals surface area contributed by atoms with E-state index in [-0.39, 0.29) is 12.3 Å². The zero-order valence-corrected chi connectivity index (χ0v) is 24.9. The Balaban J connectivity index is 2.07. The van der Waals surface area contributed by atoms with Gasteiger partial charge in [0.25, 0.3) is 0 Å². The van der Waals surface area contributed by atoms with Crippen molar-refractivity contribution in [1.29, 1.82) is 0 Å². The highest BCUT2D eigenvalue weighted by molar-refractivity contribution is 5.87. The minimum Gasteiger partial charge on any atom is -0.459 e. The first-order valence-electron chi connectivity index (χ1n) is 14.7. The number of cyclic esters (lactones) is 1. The highest BCUT2D eigenvalue weighted by Gasteiger charge is 2.38. The standard InChI is InChI=1S/C32H52O7/c1-19-13-20(2)15-29-28(39-29)12-10-8-9-11-21(3)32(37)38-25(7)16-24(6)30(35)31(36)27(34)18-26(33)17-23(5)22(4)14-19/h11,14,20,23-26,28-31,33,35-36H,1,8-10,12-13,15-18H2,2-7H3. The molecular weight excluding hydrogens is 496 g/mol. The average molecular weight is 549 g/mol. The molecule has 9 atom stereocenters. The Kier molecular flexibility index (Phi) is 13.6. The maximum absolute atomic E-state index is 12.6. The van der Waals surface area contributed by atoms with Crippen LogP contribution in [0.3, 0.4) is 0 Å². The predicted molar refractivity (Wildman–Crippen MR) is 153 cm³/mol. The van der Waals surface area contributed by atoms with E-state index in [1.165, 1.54) is 0 Å². The number of esters is 1. The summed E-state index contributed by atoms with van der Waals surface area (Å²) in [5.41, 5.74) is 2.68. The SMILES string of the molecule is C=C1C=C(C)C(C)CC(O)CC(=O)C(O)C(O)C(C)CC(C)OC(=O)C(C)=CCCCCC2OC2CC(C)C1. The van der Waals surface area contributed by atoms with Crippen LogP contribution in [0.25, 0.3) is 0 Å². The summed E-state index contributed by atoms with van der Waals surface area (Å²) < 4.78 is 11.4. The van der Waals surface area contributed by atoms with Crippen molar-refractivity contribution in [3.63, 3.8) is 0 Å². The largest absolute Gasteiger partial charge is 0.459 e. The average Bonchev–Trinajstić information content (AvgIpc) is 3.58. The number of hydrogen-bond acceptors (Lipinski definition) is 7. The highest BCUT2D eigenvalue weighted by Crippen LogP contribution is 2.34. The van der Waals surface area contributed by atoms with E-state index in [2.05, 4.69) is 19.6 Å². The number of Topliss-reactive ketones (excluding diaryl/α,β-unsaturated/α-hetero) is 1. The van der Waals surface area contributed by atoms with Gasteiger partial charge in [-0.05, 0) is 83.5 Å². The van der Waals surface area contributed by atoms with Gasteiger partial charge in [-0.1, -0.05) is 57.1 Å². The molecule has 39 heavy (non-hydrogen) atoms. The van der Waals surface area contributed by atoms with Crippen LogP contribution in [0.15, 0.2) is 35.5 Å². The van der Waals surface area contributed by atoms with Gasteiger partial charge in [-0.2, -0.15) is 0 Å². The van der Waals surface area contributed by atoms with Gasteiger partial charge in [0.15, 0.2) is 5.78 Å². The summed E-state index contributed by atoms with van der Waals surface area (Å²) in [7, 11) is 0. The van der Waals surface area contributed by atoms with Gasteiger partial charge in [0.2, 0.25) is 0 Å². The van der Waals surface area contributed by atoms with E-state index in [1.54, 1.807) is 20.8 Å². The quantitative estimate of drug-likeness (QED) is 0.281. The zero-order chi connectivity index (χ0) is 29.3. The molecule has 2 aliphatic rings. The number of epoxide rings is 1. The van der Waals surface area contributed by atoms with Crippen molar-refractivity contribution < 1.29 is 34.4 Å². The lowest BCUT2D eigenvalue weighted by molar-refractivity contribution is -0.146. The summed E-state index contributed by atoms with van der Waals surface area (Å²) in [6.07, 6.45) is 6.40. The maximum atomic E-state index is 12.6. The molecule has 2 rings (SSSR count). The lowest BCUT2D eigenvalue weighted by Gasteiger charge is -2.26. The zero-order valence-electron chi connectivity index (χ0n) is 24.9. The first-order chi connectivity index (χ1) is 18.3. The number of hydrogen-bond donors (Lipinski definition) is 3. The maximum Gasteiger partial charge on any atom is 0.333 e. The summed E-state index contributed by atoms with van der Waals surface area (Å²) in [5.74, 6) is -1.01. The van der Waals surface area contributed by atoms with Crippen molar-refractivity contribution in [2.45, 2.75) is 136 Å². The van der Waals surface area contributed by atoms with Crippen LogP contribution in [0.2, 0.25) is 0 Å². The number of aliphatic hydroxyl groups excluding tert-OH is 3. The van der Waals surface area contributed by atoms with E-state index in [0.29, 0.717) is 36.5 Å². The van der Waals surface area contributed by atoms with E-state index in [9.17, 15) is 24.9 Å². The summed E-state index contributed by atoms with van der Waals surface area (Å²) in [6, 6.07) is 0. The second-order valence-corrected chi connectivity index (χ2v) is 12.3. The fourth-order valence-corrected chi connectivity index (χ4v) is 5.50. The lowest BCUT2D eigenvalue weighted by Crippen LogP contribution is -2.40. The lowest BCUT2D eigenvalue weighted by atomic mass is 9.88. The van der Waals surface area contributed by atoms with Gasteiger partial charge in [-0.3, -0.25) is 4.79 Å². The van der Waals surface area contributed by atoms with E-state index in [0.717, 1.165) is 49.7 Å². The van der Waals surface area contributed by atoms with E-state index in [1.807, 2.05) is 19.9 Å². The molecule has 0 aliphatic carbocycles. The molecule has 1 saturated heterocycles. The Morgan fingerprint density at radius 2 is 1.62 bits per heavy atom. The molecule has 7 heteroatoms. The van der Waals surface area contributed by atoms with E-state index >= 15 is 0 Å². The highest BCUT2D eigenvalue weighted by atomic mass is 16.6. The van der Waals surface area contributed by atoms with E-state index in [4.69, 9.17) is 9.47 Å². The van der Waals surface area contributed by atoms with Crippen molar-refractivity contribution in [3.8, 4) is 0 Å². The number of fused-ring (bicyclic) bond motifs is 1. The van der Waals surface area contributed by atoms with Gasteiger partial charge in [0.05, 0.1) is 30.5 Å². The summed E-state index contributed by atoms with van der Waals surface area (Å²) >= 11 is 0. The molecule has 0 aromatic heterocycles. The molecule has 9 unspecified atom stereocenters. The molecule has 7 nitrogen and oxygen atoms in total. The first-order valence-corrected chi connectivity index (χ1v) is 14.7. The number of allylic oxidation sites excluding steroid dienone is 4. The number of carbonyl (C=O) groups excluding carboxylic acids is 2. The Labute approximate surface area is 235 Å². The van der Waals surface area contributed by atoms with Gasteiger partial charge >= 0.3 is 5.97 Å². The molecule has 0 bridgehead atoms. The molecule has 1 fully saturated rings. The monoisotopic (exact) mass is 548 g/mol. The van der Waals surface area contributed by atoms with Crippen molar-refractivity contribution >= 4 is 11.8 Å². The molecule has 0 aromatic carbocycles. The van der Waals surface area contributed by atoms with Gasteiger partial charge in [0.1, 0.15) is 6.10 Å². The van der Waals surface area contributed by atoms with Crippen molar-refractivity contribution in [1.82, 2.24) is 0 Å². The number of ether oxygens (including phenoxy) is 2. The van der Waals surface area contributed by atoms with Crippen LogP contribution >= 0.6 is 0 Å². The Hall–Kier alpha value is -1.80.